The van der Waals surface area contributed by atoms with Crippen LogP contribution in [0.4, 0.5) is 0 Å². The second kappa shape index (κ2) is 6.95. The normalized spacial score (nSPS) is 19.7. The molecule has 23 heavy (non-hydrogen) atoms. The zero-order valence-corrected chi connectivity index (χ0v) is 13.7. The molecule has 1 aromatic heterocycles. The van der Waals surface area contributed by atoms with Gasteiger partial charge < -0.3 is 4.74 Å². The van der Waals surface area contributed by atoms with Crippen LogP contribution in [0.15, 0.2) is 12.3 Å². The molecular formula is C17H25N3O3. The van der Waals surface area contributed by atoms with Crippen molar-refractivity contribution in [2.75, 3.05) is 26.3 Å². The summed E-state index contributed by atoms with van der Waals surface area (Å²) in [7, 11) is 0. The summed E-state index contributed by atoms with van der Waals surface area (Å²) in [6.07, 6.45) is 6.13. The predicted octanol–water partition coefficient (Wildman–Crippen LogP) is 1.77. The number of unbranched alkanes of at least 4 members (excludes halogenated alkanes) is 1. The van der Waals surface area contributed by atoms with Crippen LogP contribution in [0, 0.1) is 5.41 Å². The number of carbonyl (C=O) groups excluding carboxylic acids is 1. The molecule has 6 nitrogen and oxygen atoms in total. The van der Waals surface area contributed by atoms with Gasteiger partial charge in [0.15, 0.2) is 0 Å². The van der Waals surface area contributed by atoms with Gasteiger partial charge in [-0.3, -0.25) is 19.9 Å². The Morgan fingerprint density at radius 1 is 1.48 bits per heavy atom. The summed E-state index contributed by atoms with van der Waals surface area (Å²) >= 11 is 0. The van der Waals surface area contributed by atoms with Gasteiger partial charge >= 0.3 is 0 Å². The smallest absolute Gasteiger partial charge is 0.276 e. The Hall–Kier alpha value is -1.50. The van der Waals surface area contributed by atoms with Gasteiger partial charge in [-0.25, -0.2) is 5.48 Å². The van der Waals surface area contributed by atoms with E-state index in [9.17, 15) is 4.79 Å². The molecule has 0 aliphatic carbocycles. The van der Waals surface area contributed by atoms with Gasteiger partial charge in [-0.05, 0) is 37.4 Å². The number of nitrogens with one attached hydrogen (secondary N) is 1. The fraction of sp³-hybridized carbons (Fsp3) is 0.647. The van der Waals surface area contributed by atoms with E-state index in [1.54, 1.807) is 5.48 Å². The fourth-order valence-corrected chi connectivity index (χ4v) is 3.33. The van der Waals surface area contributed by atoms with Crippen LogP contribution in [-0.4, -0.2) is 47.3 Å². The molecular weight excluding hydrogens is 294 g/mol. The molecule has 0 saturated carbocycles. The minimum absolute atomic E-state index is 0.413. The largest absolute Gasteiger partial charge is 0.380 e. The van der Waals surface area contributed by atoms with E-state index in [0.717, 1.165) is 50.5 Å². The first-order chi connectivity index (χ1) is 11.1. The van der Waals surface area contributed by atoms with Crippen molar-refractivity contribution in [3.05, 3.63) is 29.1 Å². The van der Waals surface area contributed by atoms with E-state index in [1.165, 1.54) is 25.5 Å². The number of fused-ring (bicyclic) bond motifs is 1. The van der Waals surface area contributed by atoms with Crippen molar-refractivity contribution < 1.29 is 14.7 Å². The van der Waals surface area contributed by atoms with Gasteiger partial charge in [-0.2, -0.15) is 0 Å². The number of carbonyl (C=O) groups is 1. The summed E-state index contributed by atoms with van der Waals surface area (Å²) in [6, 6.07) is 1.84. The van der Waals surface area contributed by atoms with Crippen LogP contribution in [0.5, 0.6) is 0 Å². The van der Waals surface area contributed by atoms with Crippen molar-refractivity contribution in [1.82, 2.24) is 15.4 Å². The lowest BCUT2D eigenvalue weighted by Crippen LogP contribution is -2.39. The molecule has 2 aliphatic heterocycles. The van der Waals surface area contributed by atoms with Crippen LogP contribution in [0.1, 0.15) is 47.8 Å². The Bertz CT molecular complexity index is 572. The molecule has 1 saturated heterocycles. The molecule has 0 aromatic carbocycles. The first-order valence-electron chi connectivity index (χ1n) is 8.32. The van der Waals surface area contributed by atoms with Gasteiger partial charge in [0.1, 0.15) is 0 Å². The maximum atomic E-state index is 11.4. The molecule has 3 rings (SSSR count). The number of hydrogen-bond acceptors (Lipinski definition) is 5. The van der Waals surface area contributed by atoms with Crippen LogP contribution in [-0.2, 0) is 17.7 Å². The summed E-state index contributed by atoms with van der Waals surface area (Å²) < 4.78 is 5.30. The molecule has 3 heterocycles. The predicted molar refractivity (Wildman–Crippen MR) is 85.2 cm³/mol. The number of hydrogen-bond donors (Lipinski definition) is 2. The zero-order valence-electron chi connectivity index (χ0n) is 13.7. The second-order valence-corrected chi connectivity index (χ2v) is 7.06. The van der Waals surface area contributed by atoms with Crippen molar-refractivity contribution in [2.24, 2.45) is 5.41 Å². The first-order valence-corrected chi connectivity index (χ1v) is 8.32. The van der Waals surface area contributed by atoms with Gasteiger partial charge in [-0.15, -0.1) is 0 Å². The number of pyridine rings is 1. The number of amides is 1. The lowest BCUT2D eigenvalue weighted by atomic mass is 9.83. The van der Waals surface area contributed by atoms with Crippen LogP contribution in [0.2, 0.25) is 0 Å². The fourth-order valence-electron chi connectivity index (χ4n) is 3.33. The third-order valence-corrected chi connectivity index (χ3v) is 4.90. The summed E-state index contributed by atoms with van der Waals surface area (Å²) in [5.74, 6) is -0.504. The third-order valence-electron chi connectivity index (χ3n) is 4.90. The minimum Gasteiger partial charge on any atom is -0.380 e. The molecule has 1 fully saturated rings. The van der Waals surface area contributed by atoms with Gasteiger partial charge in [0.25, 0.3) is 5.91 Å². The summed E-state index contributed by atoms with van der Waals surface area (Å²) in [5.41, 5.74) is 4.64. The SMILES string of the molecule is CC1(CCCCN2CCc3cc(C(=O)NO)cnc3C2)COC1. The molecule has 0 atom stereocenters. The van der Waals surface area contributed by atoms with Crippen molar-refractivity contribution in [3.8, 4) is 0 Å². The Labute approximate surface area is 136 Å². The van der Waals surface area contributed by atoms with Gasteiger partial charge in [0.05, 0.1) is 24.5 Å². The highest BCUT2D eigenvalue weighted by atomic mass is 16.5. The van der Waals surface area contributed by atoms with Crippen LogP contribution < -0.4 is 5.48 Å². The highest BCUT2D eigenvalue weighted by molar-refractivity contribution is 5.93. The lowest BCUT2D eigenvalue weighted by molar-refractivity contribution is -0.106. The maximum Gasteiger partial charge on any atom is 0.276 e. The van der Waals surface area contributed by atoms with E-state index < -0.39 is 5.91 Å². The van der Waals surface area contributed by atoms with E-state index in [4.69, 9.17) is 9.94 Å². The summed E-state index contributed by atoms with van der Waals surface area (Å²) in [6.45, 7) is 7.07. The molecule has 1 amide bonds. The quantitative estimate of drug-likeness (QED) is 0.475. The number of ether oxygens (including phenoxy) is 1. The molecule has 0 unspecified atom stereocenters. The Morgan fingerprint density at radius 2 is 2.30 bits per heavy atom. The van der Waals surface area contributed by atoms with Crippen LogP contribution in [0.3, 0.4) is 0 Å². The molecule has 2 N–H and O–H groups in total. The molecule has 1 aromatic rings. The maximum absolute atomic E-state index is 11.4. The molecule has 6 heteroatoms. The monoisotopic (exact) mass is 319 g/mol. The highest BCUT2D eigenvalue weighted by Gasteiger charge is 2.32. The first kappa shape index (κ1) is 16.4. The Morgan fingerprint density at radius 3 is 3.00 bits per heavy atom. The van der Waals surface area contributed by atoms with Gasteiger partial charge in [0, 0.05) is 24.7 Å². The van der Waals surface area contributed by atoms with Crippen molar-refractivity contribution >= 4 is 5.91 Å². The number of rotatable bonds is 6. The molecule has 0 radical (unpaired) electrons. The molecule has 126 valence electrons. The van der Waals surface area contributed by atoms with E-state index in [-0.39, 0.29) is 0 Å². The number of hydroxylamine groups is 1. The van der Waals surface area contributed by atoms with Crippen molar-refractivity contribution in [2.45, 2.75) is 39.2 Å². The average molecular weight is 319 g/mol. The Kier molecular flexibility index (Phi) is 4.94. The van der Waals surface area contributed by atoms with E-state index in [0.29, 0.717) is 11.0 Å². The summed E-state index contributed by atoms with van der Waals surface area (Å²) in [4.78, 5) is 18.3. The number of nitrogens with zero attached hydrogens (tertiary/aromatic N) is 2. The van der Waals surface area contributed by atoms with E-state index in [1.807, 2.05) is 6.07 Å². The molecule has 2 aliphatic rings. The van der Waals surface area contributed by atoms with Crippen LogP contribution in [0.25, 0.3) is 0 Å². The third kappa shape index (κ3) is 3.88. The van der Waals surface area contributed by atoms with E-state index in [2.05, 4.69) is 16.8 Å². The Balaban J connectivity index is 1.47. The summed E-state index contributed by atoms with van der Waals surface area (Å²) in [5, 5.41) is 8.69. The van der Waals surface area contributed by atoms with Crippen molar-refractivity contribution in [3.63, 3.8) is 0 Å². The molecule has 0 bridgehead atoms. The van der Waals surface area contributed by atoms with Crippen LogP contribution >= 0.6 is 0 Å². The van der Waals surface area contributed by atoms with E-state index >= 15 is 0 Å². The highest BCUT2D eigenvalue weighted by Crippen LogP contribution is 2.32. The van der Waals surface area contributed by atoms with Gasteiger partial charge in [-0.1, -0.05) is 13.3 Å². The van der Waals surface area contributed by atoms with Crippen molar-refractivity contribution in [1.29, 1.82) is 0 Å². The molecule has 0 spiro atoms. The topological polar surface area (TPSA) is 74.7 Å². The number of aromatic nitrogens is 1. The second-order valence-electron chi connectivity index (χ2n) is 7.06. The van der Waals surface area contributed by atoms with Gasteiger partial charge in [0.2, 0.25) is 0 Å². The lowest BCUT2D eigenvalue weighted by Gasteiger charge is -2.38. The standard InChI is InChI=1S/C17H25N3O3/c1-17(11-23-12-17)5-2-3-6-20-7-4-13-8-14(16(21)19-22)9-18-15(13)10-20/h8-9,22H,2-7,10-12H2,1H3,(H,19,21). The minimum atomic E-state index is -0.504. The zero-order chi connectivity index (χ0) is 16.3. The average Bonchev–Trinajstić information content (AvgIpc) is 2.55.